The van der Waals surface area contributed by atoms with E-state index in [0.717, 1.165) is 12.2 Å². The lowest BCUT2D eigenvalue weighted by Gasteiger charge is -2.37. The van der Waals surface area contributed by atoms with E-state index in [2.05, 4.69) is 11.8 Å². The molecule has 1 aliphatic carbocycles. The molecule has 0 radical (unpaired) electrons. The van der Waals surface area contributed by atoms with Gasteiger partial charge in [0.25, 0.3) is 0 Å². The molecule has 1 aromatic rings. The van der Waals surface area contributed by atoms with Gasteiger partial charge in [0.2, 0.25) is 0 Å². The Hall–Kier alpha value is -1.09. The summed E-state index contributed by atoms with van der Waals surface area (Å²) in [4.78, 5) is 2.27. The number of aliphatic hydroxyl groups excluding tert-OH is 1. The first kappa shape index (κ1) is 14.3. The number of hydrogen-bond donors (Lipinski definition) is 1. The van der Waals surface area contributed by atoms with Crippen LogP contribution in [-0.4, -0.2) is 17.7 Å². The van der Waals surface area contributed by atoms with Crippen molar-refractivity contribution in [1.29, 1.82) is 0 Å². The molecule has 19 heavy (non-hydrogen) atoms. The summed E-state index contributed by atoms with van der Waals surface area (Å²) in [5.41, 5.74) is 1.30. The average molecular weight is 265 g/mol. The minimum Gasteiger partial charge on any atom is -0.389 e. The largest absolute Gasteiger partial charge is 0.389 e. The zero-order valence-electron chi connectivity index (χ0n) is 11.9. The fourth-order valence-corrected chi connectivity index (χ4v) is 3.21. The van der Waals surface area contributed by atoms with Crippen LogP contribution in [0.1, 0.15) is 57.6 Å². The summed E-state index contributed by atoms with van der Waals surface area (Å²) in [7, 11) is 0. The van der Waals surface area contributed by atoms with Gasteiger partial charge in [-0.25, -0.2) is 4.39 Å². The Labute approximate surface area is 115 Å². The Kier molecular flexibility index (Phi) is 4.81. The van der Waals surface area contributed by atoms with Gasteiger partial charge in [-0.05, 0) is 38.8 Å². The van der Waals surface area contributed by atoms with E-state index in [9.17, 15) is 9.50 Å². The van der Waals surface area contributed by atoms with Crippen molar-refractivity contribution in [3.8, 4) is 0 Å². The van der Waals surface area contributed by atoms with Crippen LogP contribution in [0.2, 0.25) is 0 Å². The lowest BCUT2D eigenvalue weighted by molar-refractivity contribution is 0.194. The van der Waals surface area contributed by atoms with Crippen LogP contribution in [0.3, 0.4) is 0 Å². The second kappa shape index (κ2) is 6.38. The zero-order valence-corrected chi connectivity index (χ0v) is 11.9. The average Bonchev–Trinajstić information content (AvgIpc) is 2.40. The van der Waals surface area contributed by atoms with E-state index in [1.807, 2.05) is 6.07 Å². The lowest BCUT2D eigenvalue weighted by Crippen LogP contribution is -2.37. The van der Waals surface area contributed by atoms with Gasteiger partial charge >= 0.3 is 0 Å². The van der Waals surface area contributed by atoms with Gasteiger partial charge < -0.3 is 10.0 Å². The van der Waals surface area contributed by atoms with Crippen LogP contribution in [0.5, 0.6) is 0 Å². The summed E-state index contributed by atoms with van der Waals surface area (Å²) in [5.74, 6) is -0.304. The molecule has 0 saturated heterocycles. The molecule has 3 heteroatoms. The molecule has 0 aliphatic heterocycles. The number of nitrogens with zero attached hydrogens (tertiary/aromatic N) is 1. The van der Waals surface area contributed by atoms with Crippen LogP contribution in [0.15, 0.2) is 18.2 Å². The zero-order chi connectivity index (χ0) is 13.8. The van der Waals surface area contributed by atoms with Crippen molar-refractivity contribution in [2.75, 3.05) is 11.4 Å². The van der Waals surface area contributed by atoms with Gasteiger partial charge in [-0.1, -0.05) is 25.3 Å². The summed E-state index contributed by atoms with van der Waals surface area (Å²) in [6.45, 7) is 4.59. The summed E-state index contributed by atoms with van der Waals surface area (Å²) >= 11 is 0. The van der Waals surface area contributed by atoms with E-state index in [1.54, 1.807) is 13.0 Å². The monoisotopic (exact) mass is 265 g/mol. The highest BCUT2D eigenvalue weighted by atomic mass is 19.1. The maximum atomic E-state index is 14.0. The van der Waals surface area contributed by atoms with Crippen LogP contribution in [0, 0.1) is 5.82 Å². The summed E-state index contributed by atoms with van der Waals surface area (Å²) in [6.07, 6.45) is 5.38. The molecule has 2 nitrogen and oxygen atoms in total. The molecule has 0 spiro atoms. The molecule has 0 heterocycles. The molecule has 1 fully saturated rings. The van der Waals surface area contributed by atoms with E-state index in [4.69, 9.17) is 0 Å². The molecule has 1 aromatic carbocycles. The number of halogens is 1. The van der Waals surface area contributed by atoms with Crippen LogP contribution in [0.25, 0.3) is 0 Å². The maximum absolute atomic E-state index is 14.0. The van der Waals surface area contributed by atoms with Crippen LogP contribution in [-0.2, 0) is 0 Å². The number of benzene rings is 1. The molecule has 1 N–H and O–H groups in total. The van der Waals surface area contributed by atoms with Gasteiger partial charge in [-0.3, -0.25) is 0 Å². The summed E-state index contributed by atoms with van der Waals surface area (Å²) in [6, 6.07) is 5.59. The van der Waals surface area contributed by atoms with E-state index in [0.29, 0.717) is 11.6 Å². The molecular weight excluding hydrogens is 241 g/mol. The second-order valence-corrected chi connectivity index (χ2v) is 5.43. The van der Waals surface area contributed by atoms with Crippen LogP contribution >= 0.6 is 0 Å². The van der Waals surface area contributed by atoms with Gasteiger partial charge in [-0.15, -0.1) is 0 Å². The first-order valence-electron chi connectivity index (χ1n) is 7.38. The maximum Gasteiger partial charge on any atom is 0.131 e. The Morgan fingerprint density at radius 3 is 2.58 bits per heavy atom. The van der Waals surface area contributed by atoms with Crippen molar-refractivity contribution >= 4 is 5.69 Å². The smallest absolute Gasteiger partial charge is 0.131 e. The Balaban J connectivity index is 2.34. The van der Waals surface area contributed by atoms with Crippen molar-refractivity contribution in [2.24, 2.45) is 0 Å². The van der Waals surface area contributed by atoms with Crippen molar-refractivity contribution in [3.63, 3.8) is 0 Å². The third kappa shape index (κ3) is 3.08. The summed E-state index contributed by atoms with van der Waals surface area (Å²) < 4.78 is 14.0. The van der Waals surface area contributed by atoms with Gasteiger partial charge in [0.15, 0.2) is 0 Å². The van der Waals surface area contributed by atoms with E-state index in [-0.39, 0.29) is 5.82 Å². The first-order valence-corrected chi connectivity index (χ1v) is 7.38. The molecule has 0 amide bonds. The number of rotatable bonds is 4. The minimum absolute atomic E-state index is 0.304. The van der Waals surface area contributed by atoms with E-state index >= 15 is 0 Å². The van der Waals surface area contributed by atoms with Gasteiger partial charge in [0.05, 0.1) is 6.10 Å². The molecule has 0 unspecified atom stereocenters. The standard InChI is InChI=1S/C16H24FNO/c1-3-18(13-8-5-4-6-9-13)15-11-7-10-14(17)16(15)12(2)19/h7,10-13,19H,3-6,8-9H2,1-2H3/t12-/m0/s1. The summed E-state index contributed by atoms with van der Waals surface area (Å²) in [5, 5.41) is 9.86. The molecule has 106 valence electrons. The van der Waals surface area contributed by atoms with E-state index < -0.39 is 6.10 Å². The Bertz CT molecular complexity index is 413. The number of hydrogen-bond acceptors (Lipinski definition) is 2. The van der Waals surface area contributed by atoms with Crippen LogP contribution in [0.4, 0.5) is 10.1 Å². The van der Waals surface area contributed by atoms with Crippen molar-refractivity contribution in [1.82, 2.24) is 0 Å². The van der Waals surface area contributed by atoms with E-state index in [1.165, 1.54) is 38.2 Å². The second-order valence-electron chi connectivity index (χ2n) is 5.43. The third-order valence-electron chi connectivity index (χ3n) is 4.11. The third-order valence-corrected chi connectivity index (χ3v) is 4.11. The molecule has 1 aliphatic rings. The highest BCUT2D eigenvalue weighted by Gasteiger charge is 2.24. The molecule has 2 rings (SSSR count). The van der Waals surface area contributed by atoms with Gasteiger partial charge in [-0.2, -0.15) is 0 Å². The fraction of sp³-hybridized carbons (Fsp3) is 0.625. The van der Waals surface area contributed by atoms with Crippen molar-refractivity contribution in [3.05, 3.63) is 29.6 Å². The fourth-order valence-electron chi connectivity index (χ4n) is 3.21. The molecule has 1 saturated carbocycles. The topological polar surface area (TPSA) is 23.5 Å². The molecule has 0 bridgehead atoms. The predicted octanol–water partition coefficient (Wildman–Crippen LogP) is 4.04. The normalized spacial score (nSPS) is 18.3. The first-order chi connectivity index (χ1) is 9.15. The lowest BCUT2D eigenvalue weighted by atomic mass is 9.93. The highest BCUT2D eigenvalue weighted by Crippen LogP contribution is 2.33. The minimum atomic E-state index is -0.770. The van der Waals surface area contributed by atoms with Gasteiger partial charge in [0.1, 0.15) is 5.82 Å². The van der Waals surface area contributed by atoms with Crippen molar-refractivity contribution < 1.29 is 9.50 Å². The molecule has 0 aromatic heterocycles. The Morgan fingerprint density at radius 1 is 1.32 bits per heavy atom. The highest BCUT2D eigenvalue weighted by molar-refractivity contribution is 5.56. The number of anilines is 1. The van der Waals surface area contributed by atoms with Gasteiger partial charge in [0, 0.05) is 23.8 Å². The molecular formula is C16H24FNO. The predicted molar refractivity (Wildman–Crippen MR) is 76.9 cm³/mol. The SMILES string of the molecule is CCN(c1cccc(F)c1[C@H](C)O)C1CCCCC1. The Morgan fingerprint density at radius 2 is 2.00 bits per heavy atom. The quantitative estimate of drug-likeness (QED) is 0.888. The number of aliphatic hydroxyl groups is 1. The van der Waals surface area contributed by atoms with Crippen molar-refractivity contribution in [2.45, 2.75) is 58.1 Å². The van der Waals surface area contributed by atoms with Crippen LogP contribution < -0.4 is 4.90 Å². The molecule has 1 atom stereocenters.